The van der Waals surface area contributed by atoms with Gasteiger partial charge in [0.2, 0.25) is 5.76 Å². The Morgan fingerprint density at radius 3 is 2.94 bits per heavy atom. The summed E-state index contributed by atoms with van der Waals surface area (Å²) in [6, 6.07) is 14.8. The summed E-state index contributed by atoms with van der Waals surface area (Å²) >= 11 is 0. The van der Waals surface area contributed by atoms with E-state index in [-0.39, 0.29) is 5.76 Å². The van der Waals surface area contributed by atoms with Gasteiger partial charge in [-0.1, -0.05) is 12.1 Å². The lowest BCUT2D eigenvalue weighted by Gasteiger charge is -2.08. The molecule has 158 valence electrons. The molecule has 0 saturated heterocycles. The van der Waals surface area contributed by atoms with Gasteiger partial charge in [-0.05, 0) is 61.7 Å². The predicted molar refractivity (Wildman–Crippen MR) is 117 cm³/mol. The number of aromatic nitrogens is 1. The van der Waals surface area contributed by atoms with Crippen molar-refractivity contribution in [2.24, 2.45) is 0 Å². The second-order valence-corrected chi connectivity index (χ2v) is 7.33. The van der Waals surface area contributed by atoms with Gasteiger partial charge in [0.1, 0.15) is 6.61 Å². The summed E-state index contributed by atoms with van der Waals surface area (Å²) in [5, 5.41) is 23.3. The Hall–Kier alpha value is -3.76. The maximum Gasteiger partial charge on any atom is 0.371 e. The van der Waals surface area contributed by atoms with Crippen molar-refractivity contribution in [3.05, 3.63) is 65.5 Å². The fourth-order valence-electron chi connectivity index (χ4n) is 3.63. The zero-order valence-corrected chi connectivity index (χ0v) is 17.0. The van der Waals surface area contributed by atoms with E-state index in [2.05, 4.69) is 16.4 Å². The number of furan rings is 1. The molecular formula is C24H23N3O4. The summed E-state index contributed by atoms with van der Waals surface area (Å²) in [6.07, 6.45) is 5.05. The molecule has 0 fully saturated rings. The van der Waals surface area contributed by atoms with Crippen LogP contribution in [0.5, 0.6) is 5.75 Å². The summed E-state index contributed by atoms with van der Waals surface area (Å²) in [4.78, 5) is 14.3. The molecule has 0 aliphatic carbocycles. The number of aryl methyl sites for hydroxylation is 1. The van der Waals surface area contributed by atoms with Gasteiger partial charge in [0.15, 0.2) is 11.3 Å². The molecule has 4 aromatic rings. The number of carboxylic acid groups (broad SMARTS) is 1. The van der Waals surface area contributed by atoms with E-state index in [9.17, 15) is 4.79 Å². The number of aromatic carboxylic acids is 1. The van der Waals surface area contributed by atoms with Gasteiger partial charge in [-0.15, -0.1) is 0 Å². The highest BCUT2D eigenvalue weighted by molar-refractivity contribution is 5.93. The third kappa shape index (κ3) is 4.71. The molecule has 3 N–H and O–H groups in total. The maximum absolute atomic E-state index is 11.1. The number of nitrogens with zero attached hydrogens (tertiary/aromatic N) is 1. The number of H-pyrrole nitrogens is 1. The number of hydrogen-bond acceptors (Lipinski definition) is 5. The lowest BCUT2D eigenvalue weighted by atomic mass is 10.1. The van der Waals surface area contributed by atoms with Crippen molar-refractivity contribution >= 4 is 27.8 Å². The molecule has 0 bridgehead atoms. The predicted octanol–water partition coefficient (Wildman–Crippen LogP) is 4.48. The van der Waals surface area contributed by atoms with Gasteiger partial charge in [-0.25, -0.2) is 4.79 Å². The van der Waals surface area contributed by atoms with Crippen molar-refractivity contribution in [2.75, 3.05) is 19.7 Å². The van der Waals surface area contributed by atoms with E-state index in [1.165, 1.54) is 11.6 Å². The summed E-state index contributed by atoms with van der Waals surface area (Å²) < 4.78 is 11.2. The van der Waals surface area contributed by atoms with Crippen LogP contribution >= 0.6 is 0 Å². The summed E-state index contributed by atoms with van der Waals surface area (Å²) in [5.41, 5.74) is 3.44. The molecule has 0 aliphatic rings. The van der Waals surface area contributed by atoms with E-state index in [4.69, 9.17) is 19.5 Å². The highest BCUT2D eigenvalue weighted by atomic mass is 16.5. The Balaban J connectivity index is 1.18. The normalized spacial score (nSPS) is 11.1. The van der Waals surface area contributed by atoms with Crippen LogP contribution in [0.25, 0.3) is 21.9 Å². The molecule has 0 unspecified atom stereocenters. The minimum Gasteiger partial charge on any atom is -0.488 e. The molecule has 0 spiro atoms. The summed E-state index contributed by atoms with van der Waals surface area (Å²) in [7, 11) is 0. The van der Waals surface area contributed by atoms with E-state index >= 15 is 0 Å². The van der Waals surface area contributed by atoms with Gasteiger partial charge in [-0.3, -0.25) is 0 Å². The van der Waals surface area contributed by atoms with Crippen LogP contribution in [0.1, 0.15) is 34.5 Å². The Morgan fingerprint density at radius 2 is 2.10 bits per heavy atom. The van der Waals surface area contributed by atoms with E-state index in [1.807, 2.05) is 30.5 Å². The molecule has 2 aromatic carbocycles. The first-order chi connectivity index (χ1) is 15.2. The zero-order valence-electron chi connectivity index (χ0n) is 17.0. The van der Waals surface area contributed by atoms with Crippen molar-refractivity contribution in [2.45, 2.75) is 19.3 Å². The number of fused-ring (bicyclic) bond motifs is 2. The van der Waals surface area contributed by atoms with Crippen LogP contribution in [0.4, 0.5) is 0 Å². The van der Waals surface area contributed by atoms with Crippen LogP contribution in [0.2, 0.25) is 0 Å². The first-order valence-electron chi connectivity index (χ1n) is 10.2. The Kier molecular flexibility index (Phi) is 6.20. The molecule has 0 atom stereocenters. The van der Waals surface area contributed by atoms with Crippen molar-refractivity contribution < 1.29 is 19.1 Å². The minimum atomic E-state index is -1.10. The molecule has 7 nitrogen and oxygen atoms in total. The smallest absolute Gasteiger partial charge is 0.371 e. The van der Waals surface area contributed by atoms with Crippen LogP contribution in [-0.4, -0.2) is 35.8 Å². The Bertz CT molecular complexity index is 1250. The van der Waals surface area contributed by atoms with Crippen LogP contribution < -0.4 is 10.1 Å². The van der Waals surface area contributed by atoms with Gasteiger partial charge >= 0.3 is 5.97 Å². The van der Waals surface area contributed by atoms with Crippen molar-refractivity contribution in [1.29, 1.82) is 5.26 Å². The van der Waals surface area contributed by atoms with Crippen LogP contribution in [0, 0.1) is 11.3 Å². The van der Waals surface area contributed by atoms with Gasteiger partial charge < -0.3 is 24.6 Å². The van der Waals surface area contributed by atoms with Gasteiger partial charge in [0, 0.05) is 29.0 Å². The fraction of sp³-hybridized carbons (Fsp3) is 0.250. The highest BCUT2D eigenvalue weighted by Gasteiger charge is 2.13. The maximum atomic E-state index is 11.1. The summed E-state index contributed by atoms with van der Waals surface area (Å²) in [5.74, 6) is -0.645. The lowest BCUT2D eigenvalue weighted by molar-refractivity contribution is 0.0665. The number of carboxylic acids is 1. The fourth-order valence-corrected chi connectivity index (χ4v) is 3.63. The van der Waals surface area contributed by atoms with E-state index in [1.54, 1.807) is 12.1 Å². The first-order valence-corrected chi connectivity index (χ1v) is 10.2. The topological polar surface area (TPSA) is 111 Å². The number of hydrogen-bond donors (Lipinski definition) is 3. The molecule has 0 radical (unpaired) electrons. The number of nitrogens with one attached hydrogen (secondary N) is 2. The van der Waals surface area contributed by atoms with E-state index < -0.39 is 5.97 Å². The molecule has 4 rings (SSSR count). The third-order valence-corrected chi connectivity index (χ3v) is 5.20. The molecule has 2 aromatic heterocycles. The molecule has 31 heavy (non-hydrogen) atoms. The zero-order chi connectivity index (χ0) is 21.6. The van der Waals surface area contributed by atoms with Crippen LogP contribution in [0.15, 0.2) is 53.1 Å². The molecular weight excluding hydrogens is 394 g/mol. The number of ether oxygens (including phenoxy) is 1. The number of rotatable bonds is 10. The number of benzene rings is 2. The Morgan fingerprint density at radius 1 is 1.19 bits per heavy atom. The third-order valence-electron chi connectivity index (χ3n) is 5.20. The average molecular weight is 417 g/mol. The summed E-state index contributed by atoms with van der Waals surface area (Å²) in [6.45, 7) is 2.02. The molecule has 0 amide bonds. The van der Waals surface area contributed by atoms with E-state index in [0.29, 0.717) is 35.4 Å². The van der Waals surface area contributed by atoms with E-state index in [0.717, 1.165) is 36.7 Å². The number of aromatic amines is 1. The number of unbranched alkanes of at least 4 members (excludes halogenated alkanes) is 1. The van der Waals surface area contributed by atoms with Crippen molar-refractivity contribution in [1.82, 2.24) is 10.3 Å². The van der Waals surface area contributed by atoms with Crippen LogP contribution in [-0.2, 0) is 6.42 Å². The largest absolute Gasteiger partial charge is 0.488 e. The first kappa shape index (κ1) is 20.5. The lowest BCUT2D eigenvalue weighted by Crippen LogP contribution is -2.22. The SMILES string of the molecule is N#Cc1ccc2[nH]cc(CCCCNCCOc3cccc4cc(C(=O)O)oc34)c2c1. The quantitative estimate of drug-likeness (QED) is 0.328. The number of para-hydroxylation sites is 1. The van der Waals surface area contributed by atoms with Gasteiger partial charge in [0.05, 0.1) is 11.6 Å². The number of nitriles is 1. The van der Waals surface area contributed by atoms with Crippen molar-refractivity contribution in [3.63, 3.8) is 0 Å². The second-order valence-electron chi connectivity index (χ2n) is 7.33. The average Bonchev–Trinajstić information content (AvgIpc) is 3.40. The van der Waals surface area contributed by atoms with Crippen molar-refractivity contribution in [3.8, 4) is 11.8 Å². The Labute approximate surface area is 179 Å². The minimum absolute atomic E-state index is 0.0942. The monoisotopic (exact) mass is 417 g/mol. The molecule has 2 heterocycles. The molecule has 0 saturated carbocycles. The molecule has 7 heteroatoms. The van der Waals surface area contributed by atoms with Gasteiger partial charge in [0.25, 0.3) is 0 Å². The number of carbonyl (C=O) groups is 1. The van der Waals surface area contributed by atoms with Crippen LogP contribution in [0.3, 0.4) is 0 Å². The standard InChI is InChI=1S/C24H23N3O4/c25-14-16-7-8-20-19(12-16)18(15-27-20)4-1-2-9-26-10-11-30-21-6-3-5-17-13-22(24(28)29)31-23(17)21/h3,5-8,12-13,15,26-27H,1-2,4,9-11H2,(H,28,29). The molecule has 0 aliphatic heterocycles. The van der Waals surface area contributed by atoms with Gasteiger partial charge in [-0.2, -0.15) is 5.26 Å². The second kappa shape index (κ2) is 9.37. The highest BCUT2D eigenvalue weighted by Crippen LogP contribution is 2.28.